The minimum absolute atomic E-state index is 0.115. The number of hydrogen-bond acceptors (Lipinski definition) is 5. The molecule has 2 aliphatic heterocycles. The van der Waals surface area contributed by atoms with Crippen molar-refractivity contribution in [2.45, 2.75) is 38.9 Å². The minimum Gasteiger partial charge on any atom is -0.508 e. The lowest BCUT2D eigenvalue weighted by Crippen LogP contribution is -2.54. The molecule has 0 spiro atoms. The molecule has 1 aromatic heterocycles. The SMILES string of the molecule is C[C@@H]1CN(CCCn2c3ccc(O)cc3c3c4c(c(-c5ccccc5Cl)cc32)C(=O)NC4=O)C[C@H](C)N1. The van der Waals surface area contributed by atoms with Gasteiger partial charge in [-0.15, -0.1) is 0 Å². The standard InChI is InChI=1S/C29H29ClN4O3/c1-16-14-33(15-17(2)31-16)10-5-11-34-23-9-8-18(35)12-21(23)25-24(34)13-20(19-6-3-4-7-22(19)30)26-27(25)29(37)32-28(26)36/h3-4,6-9,12-13,16-17,31,35H,5,10-11,14-15H2,1-2H3,(H,32,36,37)/t16-,17+. The van der Waals surface area contributed by atoms with Crippen molar-refractivity contribution in [1.82, 2.24) is 20.1 Å². The highest BCUT2D eigenvalue weighted by atomic mass is 35.5. The number of fused-ring (bicyclic) bond motifs is 5. The number of aromatic hydroxyl groups is 1. The van der Waals surface area contributed by atoms with Crippen molar-refractivity contribution in [1.29, 1.82) is 0 Å². The van der Waals surface area contributed by atoms with Gasteiger partial charge < -0.3 is 19.9 Å². The first-order valence-corrected chi connectivity index (χ1v) is 13.1. The molecule has 8 heteroatoms. The van der Waals surface area contributed by atoms with Gasteiger partial charge in [0.05, 0.1) is 16.6 Å². The van der Waals surface area contributed by atoms with Crippen LogP contribution in [0.2, 0.25) is 5.02 Å². The Kier molecular flexibility index (Phi) is 5.94. The average Bonchev–Trinajstić information content (AvgIpc) is 3.31. The van der Waals surface area contributed by atoms with Crippen LogP contribution in [0.1, 0.15) is 41.0 Å². The first kappa shape index (κ1) is 24.0. The number of carbonyl (C=O) groups is 2. The molecule has 37 heavy (non-hydrogen) atoms. The summed E-state index contributed by atoms with van der Waals surface area (Å²) >= 11 is 6.56. The molecular weight excluding hydrogens is 488 g/mol. The van der Waals surface area contributed by atoms with E-state index < -0.39 is 11.8 Å². The molecule has 3 heterocycles. The third kappa shape index (κ3) is 4.07. The van der Waals surface area contributed by atoms with Gasteiger partial charge in [-0.2, -0.15) is 0 Å². The molecule has 0 bridgehead atoms. The summed E-state index contributed by atoms with van der Waals surface area (Å²) < 4.78 is 2.20. The van der Waals surface area contributed by atoms with E-state index in [9.17, 15) is 14.7 Å². The highest BCUT2D eigenvalue weighted by Crippen LogP contribution is 2.42. The quantitative estimate of drug-likeness (QED) is 0.332. The molecule has 1 fully saturated rings. The topological polar surface area (TPSA) is 86.6 Å². The molecule has 6 rings (SSSR count). The Bertz CT molecular complexity index is 1570. The first-order chi connectivity index (χ1) is 17.8. The molecular formula is C29H29ClN4O3. The molecule has 190 valence electrons. The minimum atomic E-state index is -0.431. The van der Waals surface area contributed by atoms with Crippen molar-refractivity contribution in [2.24, 2.45) is 0 Å². The predicted octanol–water partition coefficient (Wildman–Crippen LogP) is 4.78. The van der Waals surface area contributed by atoms with Gasteiger partial charge in [-0.05, 0) is 62.7 Å². The molecule has 3 N–H and O–H groups in total. The highest BCUT2D eigenvalue weighted by Gasteiger charge is 2.35. The molecule has 2 atom stereocenters. The third-order valence-corrected chi connectivity index (χ3v) is 7.80. The number of phenols is 1. The van der Waals surface area contributed by atoms with Crippen LogP contribution in [-0.4, -0.2) is 58.1 Å². The average molecular weight is 517 g/mol. The first-order valence-electron chi connectivity index (χ1n) is 12.7. The Morgan fingerprint density at radius 2 is 1.65 bits per heavy atom. The van der Waals surface area contributed by atoms with Crippen molar-refractivity contribution in [3.8, 4) is 16.9 Å². The summed E-state index contributed by atoms with van der Waals surface area (Å²) in [4.78, 5) is 28.6. The van der Waals surface area contributed by atoms with E-state index in [0.29, 0.717) is 44.7 Å². The predicted molar refractivity (Wildman–Crippen MR) is 146 cm³/mol. The Morgan fingerprint density at radius 1 is 0.919 bits per heavy atom. The highest BCUT2D eigenvalue weighted by molar-refractivity contribution is 6.36. The van der Waals surface area contributed by atoms with Gasteiger partial charge in [0, 0.05) is 58.6 Å². The molecule has 2 amide bonds. The van der Waals surface area contributed by atoms with Crippen LogP contribution in [0.25, 0.3) is 32.9 Å². The van der Waals surface area contributed by atoms with E-state index in [-0.39, 0.29) is 5.75 Å². The zero-order valence-electron chi connectivity index (χ0n) is 20.8. The largest absolute Gasteiger partial charge is 0.508 e. The summed E-state index contributed by atoms with van der Waals surface area (Å²) in [5.41, 5.74) is 3.78. The van der Waals surface area contributed by atoms with Crippen LogP contribution in [0.4, 0.5) is 0 Å². The van der Waals surface area contributed by atoms with E-state index in [1.54, 1.807) is 18.2 Å². The van der Waals surface area contributed by atoms with Gasteiger partial charge in [0.2, 0.25) is 0 Å². The normalized spacial score (nSPS) is 20.1. The fraction of sp³-hybridized carbons (Fsp3) is 0.310. The van der Waals surface area contributed by atoms with Gasteiger partial charge in [0.25, 0.3) is 11.8 Å². The van der Waals surface area contributed by atoms with Crippen LogP contribution in [0.5, 0.6) is 5.75 Å². The van der Waals surface area contributed by atoms with E-state index in [1.165, 1.54) is 0 Å². The smallest absolute Gasteiger partial charge is 0.259 e. The number of imide groups is 1. The summed E-state index contributed by atoms with van der Waals surface area (Å²) in [6.07, 6.45) is 0.919. The second-order valence-corrected chi connectivity index (χ2v) is 10.7. The summed E-state index contributed by atoms with van der Waals surface area (Å²) in [5, 5.41) is 18.3. The van der Waals surface area contributed by atoms with Crippen LogP contribution in [0.15, 0.2) is 48.5 Å². The maximum atomic E-state index is 13.1. The number of aromatic nitrogens is 1. The molecule has 0 saturated carbocycles. The molecule has 2 aliphatic rings. The van der Waals surface area contributed by atoms with Crippen molar-refractivity contribution in [2.75, 3.05) is 19.6 Å². The Hall–Kier alpha value is -3.39. The number of piperazine rings is 1. The number of phenolic OH excluding ortho intramolecular Hbond substituents is 1. The number of aryl methyl sites for hydroxylation is 1. The van der Waals surface area contributed by atoms with Gasteiger partial charge in [-0.1, -0.05) is 29.8 Å². The number of hydrogen-bond donors (Lipinski definition) is 3. The molecule has 7 nitrogen and oxygen atoms in total. The van der Waals surface area contributed by atoms with Gasteiger partial charge >= 0.3 is 0 Å². The van der Waals surface area contributed by atoms with E-state index in [4.69, 9.17) is 11.6 Å². The van der Waals surface area contributed by atoms with Crippen molar-refractivity contribution in [3.63, 3.8) is 0 Å². The number of amides is 2. The second-order valence-electron chi connectivity index (χ2n) is 10.3. The Labute approximate surface area is 220 Å². The Morgan fingerprint density at radius 3 is 2.41 bits per heavy atom. The van der Waals surface area contributed by atoms with Gasteiger partial charge in [-0.25, -0.2) is 0 Å². The lowest BCUT2D eigenvalue weighted by molar-refractivity contribution is 0.0880. The van der Waals surface area contributed by atoms with E-state index in [0.717, 1.165) is 49.0 Å². The van der Waals surface area contributed by atoms with Crippen molar-refractivity contribution in [3.05, 3.63) is 64.7 Å². The van der Waals surface area contributed by atoms with Crippen molar-refractivity contribution < 1.29 is 14.7 Å². The second kappa shape index (κ2) is 9.17. The molecule has 1 saturated heterocycles. The van der Waals surface area contributed by atoms with E-state index in [1.807, 2.05) is 30.3 Å². The van der Waals surface area contributed by atoms with Crippen LogP contribution < -0.4 is 10.6 Å². The lowest BCUT2D eigenvalue weighted by Gasteiger charge is -2.36. The zero-order chi connectivity index (χ0) is 25.8. The van der Waals surface area contributed by atoms with E-state index >= 15 is 0 Å². The lowest BCUT2D eigenvalue weighted by atomic mass is 9.93. The summed E-state index contributed by atoms with van der Waals surface area (Å²) in [5.74, 6) is -0.742. The van der Waals surface area contributed by atoms with Gasteiger partial charge in [-0.3, -0.25) is 14.9 Å². The monoisotopic (exact) mass is 516 g/mol. The molecule has 0 aliphatic carbocycles. The third-order valence-electron chi connectivity index (χ3n) is 7.47. The number of rotatable bonds is 5. The number of nitrogens with zero attached hydrogens (tertiary/aromatic N) is 2. The maximum absolute atomic E-state index is 13.1. The summed E-state index contributed by atoms with van der Waals surface area (Å²) in [6, 6.07) is 15.5. The zero-order valence-corrected chi connectivity index (χ0v) is 21.6. The number of nitrogens with one attached hydrogen (secondary N) is 2. The van der Waals surface area contributed by atoms with Crippen LogP contribution in [0.3, 0.4) is 0 Å². The van der Waals surface area contributed by atoms with Crippen LogP contribution in [-0.2, 0) is 6.54 Å². The van der Waals surface area contributed by atoms with E-state index in [2.05, 4.69) is 33.9 Å². The Balaban J connectivity index is 1.52. The number of benzene rings is 3. The van der Waals surface area contributed by atoms with Crippen LogP contribution >= 0.6 is 11.6 Å². The van der Waals surface area contributed by atoms with Crippen LogP contribution in [0, 0.1) is 0 Å². The molecule has 3 aromatic carbocycles. The fourth-order valence-corrected chi connectivity index (χ4v) is 6.38. The molecule has 4 aromatic rings. The summed E-state index contributed by atoms with van der Waals surface area (Å²) in [6.45, 7) is 8.14. The number of halogens is 1. The van der Waals surface area contributed by atoms with Gasteiger partial charge in [0.15, 0.2) is 0 Å². The molecule has 0 radical (unpaired) electrons. The van der Waals surface area contributed by atoms with Crippen molar-refractivity contribution >= 4 is 45.2 Å². The number of carbonyl (C=O) groups excluding carboxylic acids is 2. The van der Waals surface area contributed by atoms with Gasteiger partial charge in [0.1, 0.15) is 5.75 Å². The maximum Gasteiger partial charge on any atom is 0.259 e. The molecule has 0 unspecified atom stereocenters. The fourth-order valence-electron chi connectivity index (χ4n) is 6.14. The summed E-state index contributed by atoms with van der Waals surface area (Å²) in [7, 11) is 0.